The number of likely N-dealkylation sites (tertiary alicyclic amines) is 1. The number of ether oxygens (including phenoxy) is 1. The van der Waals surface area contributed by atoms with E-state index in [0.29, 0.717) is 30.1 Å². The first-order valence-electron chi connectivity index (χ1n) is 7.32. The van der Waals surface area contributed by atoms with Crippen molar-refractivity contribution in [3.05, 3.63) is 0 Å². The summed E-state index contributed by atoms with van der Waals surface area (Å²) in [6.07, 6.45) is 5.00. The first kappa shape index (κ1) is 12.4. The van der Waals surface area contributed by atoms with Crippen LogP contribution in [0.5, 0.6) is 0 Å². The van der Waals surface area contributed by atoms with Gasteiger partial charge >= 0.3 is 0 Å². The van der Waals surface area contributed by atoms with Crippen molar-refractivity contribution in [2.75, 3.05) is 13.1 Å². The molecule has 3 aliphatic heterocycles. The van der Waals surface area contributed by atoms with Crippen LogP contribution in [0.4, 0.5) is 0 Å². The van der Waals surface area contributed by atoms with Crippen LogP contribution in [-0.4, -0.2) is 48.2 Å². The van der Waals surface area contributed by atoms with Gasteiger partial charge in [-0.1, -0.05) is 6.92 Å². The monoisotopic (exact) mass is 252 g/mol. The van der Waals surface area contributed by atoms with Crippen molar-refractivity contribution in [2.45, 2.75) is 63.8 Å². The first-order chi connectivity index (χ1) is 8.61. The topological polar surface area (TPSA) is 41.6 Å². The highest BCUT2D eigenvalue weighted by atomic mass is 16.5. The van der Waals surface area contributed by atoms with Crippen molar-refractivity contribution in [1.82, 2.24) is 10.2 Å². The molecule has 3 fully saturated rings. The summed E-state index contributed by atoms with van der Waals surface area (Å²) >= 11 is 0. The summed E-state index contributed by atoms with van der Waals surface area (Å²) in [4.78, 5) is 14.6. The highest BCUT2D eigenvalue weighted by Gasteiger charge is 2.39. The molecule has 0 saturated carbocycles. The Balaban J connectivity index is 1.63. The average molecular weight is 252 g/mol. The van der Waals surface area contributed by atoms with E-state index < -0.39 is 0 Å². The second-order valence-corrected chi connectivity index (χ2v) is 6.40. The zero-order valence-electron chi connectivity index (χ0n) is 11.4. The Labute approximate surface area is 109 Å². The Morgan fingerprint density at radius 2 is 1.83 bits per heavy atom. The first-order valence-corrected chi connectivity index (χ1v) is 7.32. The largest absolute Gasteiger partial charge is 0.371 e. The summed E-state index contributed by atoms with van der Waals surface area (Å²) in [6, 6.07) is 0.488. The van der Waals surface area contributed by atoms with Crippen molar-refractivity contribution < 1.29 is 9.53 Å². The molecule has 5 atom stereocenters. The van der Waals surface area contributed by atoms with Crippen molar-refractivity contribution in [2.24, 2.45) is 5.92 Å². The molecule has 4 heteroatoms. The zero-order chi connectivity index (χ0) is 12.7. The molecule has 3 heterocycles. The minimum absolute atomic E-state index is 0.0289. The molecule has 5 unspecified atom stereocenters. The number of amides is 1. The minimum atomic E-state index is 0.0289. The molecular weight excluding hydrogens is 228 g/mol. The van der Waals surface area contributed by atoms with E-state index in [4.69, 9.17) is 4.74 Å². The maximum absolute atomic E-state index is 12.6. The zero-order valence-corrected chi connectivity index (χ0v) is 11.4. The quantitative estimate of drug-likeness (QED) is 0.761. The fourth-order valence-corrected chi connectivity index (χ4v) is 3.77. The van der Waals surface area contributed by atoms with Crippen LogP contribution in [0.25, 0.3) is 0 Å². The standard InChI is InChI=1S/C14H24N2O2/c1-9-5-10(2)15-13(6-9)14(17)16-7-11-3-4-12(8-16)18-11/h9-13,15H,3-8H2,1-2H3. The molecule has 1 amide bonds. The number of nitrogens with one attached hydrogen (secondary N) is 1. The Bertz CT molecular complexity index is 308. The Kier molecular flexibility index (Phi) is 3.32. The molecule has 18 heavy (non-hydrogen) atoms. The molecule has 0 aromatic carbocycles. The summed E-state index contributed by atoms with van der Waals surface area (Å²) in [5.74, 6) is 0.946. The van der Waals surface area contributed by atoms with Crippen molar-refractivity contribution in [3.8, 4) is 0 Å². The van der Waals surface area contributed by atoms with E-state index in [9.17, 15) is 4.79 Å². The molecule has 3 saturated heterocycles. The molecule has 1 N–H and O–H groups in total. The van der Waals surface area contributed by atoms with Crippen LogP contribution in [0, 0.1) is 5.92 Å². The molecule has 0 aromatic heterocycles. The lowest BCUT2D eigenvalue weighted by molar-refractivity contribution is -0.143. The average Bonchev–Trinajstić information content (AvgIpc) is 2.66. The fourth-order valence-electron chi connectivity index (χ4n) is 3.77. The normalized spacial score (nSPS) is 44.1. The van der Waals surface area contributed by atoms with E-state index in [-0.39, 0.29) is 6.04 Å². The molecule has 2 bridgehead atoms. The van der Waals surface area contributed by atoms with Gasteiger partial charge in [-0.3, -0.25) is 4.79 Å². The van der Waals surface area contributed by atoms with E-state index in [0.717, 1.165) is 32.4 Å². The van der Waals surface area contributed by atoms with Gasteiger partial charge in [-0.25, -0.2) is 0 Å². The van der Waals surface area contributed by atoms with Crippen LogP contribution >= 0.6 is 0 Å². The van der Waals surface area contributed by atoms with E-state index in [1.165, 1.54) is 6.42 Å². The van der Waals surface area contributed by atoms with Gasteiger partial charge in [-0.05, 0) is 38.5 Å². The van der Waals surface area contributed by atoms with Gasteiger partial charge < -0.3 is 15.0 Å². The van der Waals surface area contributed by atoms with Gasteiger partial charge in [0.1, 0.15) is 0 Å². The molecule has 102 valence electrons. The third kappa shape index (κ3) is 2.41. The maximum Gasteiger partial charge on any atom is 0.239 e. The van der Waals surface area contributed by atoms with Crippen LogP contribution in [0.2, 0.25) is 0 Å². The number of carbonyl (C=O) groups is 1. The summed E-state index contributed by atoms with van der Waals surface area (Å²) in [5, 5.41) is 3.46. The van der Waals surface area contributed by atoms with Gasteiger partial charge in [0.2, 0.25) is 5.91 Å². The molecule has 0 radical (unpaired) electrons. The Morgan fingerprint density at radius 1 is 1.17 bits per heavy atom. The third-order valence-corrected chi connectivity index (χ3v) is 4.53. The fraction of sp³-hybridized carbons (Fsp3) is 0.929. The van der Waals surface area contributed by atoms with Gasteiger partial charge in [0.05, 0.1) is 18.2 Å². The SMILES string of the molecule is CC1CC(C)NC(C(=O)N2CC3CCC(C2)O3)C1. The molecule has 0 aliphatic carbocycles. The molecule has 4 nitrogen and oxygen atoms in total. The maximum atomic E-state index is 12.6. The molecule has 0 aromatic rings. The second-order valence-electron chi connectivity index (χ2n) is 6.40. The number of morpholine rings is 1. The van der Waals surface area contributed by atoms with E-state index >= 15 is 0 Å². The van der Waals surface area contributed by atoms with Crippen LogP contribution in [0.3, 0.4) is 0 Å². The van der Waals surface area contributed by atoms with Crippen LogP contribution in [0.1, 0.15) is 39.5 Å². The van der Waals surface area contributed by atoms with Gasteiger partial charge in [0.15, 0.2) is 0 Å². The lowest BCUT2D eigenvalue weighted by Gasteiger charge is -2.38. The summed E-state index contributed by atoms with van der Waals surface area (Å²) in [7, 11) is 0. The number of piperidine rings is 1. The number of nitrogens with zero attached hydrogens (tertiary/aromatic N) is 1. The number of hydrogen-bond donors (Lipinski definition) is 1. The van der Waals surface area contributed by atoms with Gasteiger partial charge in [-0.2, -0.15) is 0 Å². The number of rotatable bonds is 1. The van der Waals surface area contributed by atoms with Crippen molar-refractivity contribution in [1.29, 1.82) is 0 Å². The Morgan fingerprint density at radius 3 is 2.44 bits per heavy atom. The number of fused-ring (bicyclic) bond motifs is 2. The van der Waals surface area contributed by atoms with Crippen LogP contribution in [0.15, 0.2) is 0 Å². The summed E-state index contributed by atoms with van der Waals surface area (Å²) in [6.45, 7) is 6.03. The van der Waals surface area contributed by atoms with Crippen LogP contribution < -0.4 is 5.32 Å². The minimum Gasteiger partial charge on any atom is -0.371 e. The second kappa shape index (κ2) is 4.82. The molecule has 3 rings (SSSR count). The predicted octanol–water partition coefficient (Wildman–Crippen LogP) is 1.15. The highest BCUT2D eigenvalue weighted by Crippen LogP contribution is 2.28. The molecule has 0 spiro atoms. The third-order valence-electron chi connectivity index (χ3n) is 4.53. The van der Waals surface area contributed by atoms with Gasteiger partial charge in [-0.15, -0.1) is 0 Å². The molecular formula is C14H24N2O2. The number of carbonyl (C=O) groups excluding carboxylic acids is 1. The highest BCUT2D eigenvalue weighted by molar-refractivity contribution is 5.82. The lowest BCUT2D eigenvalue weighted by Crippen LogP contribution is -2.56. The Hall–Kier alpha value is -0.610. The van der Waals surface area contributed by atoms with Gasteiger partial charge in [0.25, 0.3) is 0 Å². The summed E-state index contributed by atoms with van der Waals surface area (Å²) in [5.41, 5.74) is 0. The van der Waals surface area contributed by atoms with Crippen LogP contribution in [-0.2, 0) is 9.53 Å². The lowest BCUT2D eigenvalue weighted by atomic mass is 9.89. The molecule has 3 aliphatic rings. The van der Waals surface area contributed by atoms with Crippen molar-refractivity contribution >= 4 is 5.91 Å². The number of hydrogen-bond acceptors (Lipinski definition) is 3. The van der Waals surface area contributed by atoms with E-state index in [1.54, 1.807) is 0 Å². The van der Waals surface area contributed by atoms with Crippen molar-refractivity contribution in [3.63, 3.8) is 0 Å². The van der Waals surface area contributed by atoms with E-state index in [2.05, 4.69) is 19.2 Å². The summed E-state index contributed by atoms with van der Waals surface area (Å²) < 4.78 is 5.79. The predicted molar refractivity (Wildman–Crippen MR) is 69.3 cm³/mol. The van der Waals surface area contributed by atoms with Gasteiger partial charge in [0, 0.05) is 19.1 Å². The smallest absolute Gasteiger partial charge is 0.239 e. The van der Waals surface area contributed by atoms with E-state index in [1.807, 2.05) is 4.90 Å².